The molecule has 184 valence electrons. The molecule has 31 heavy (non-hydrogen) atoms. The highest BCUT2D eigenvalue weighted by Gasteiger charge is 2.45. The average molecular weight is 475 g/mol. The van der Waals surface area contributed by atoms with Crippen LogP contribution >= 0.6 is 0 Å². The van der Waals surface area contributed by atoms with Crippen LogP contribution in [-0.4, -0.2) is 54.1 Å². The van der Waals surface area contributed by atoms with Crippen LogP contribution in [0.3, 0.4) is 0 Å². The molecule has 0 aromatic rings. The summed E-state index contributed by atoms with van der Waals surface area (Å²) in [6.07, 6.45) is 1.96. The minimum Gasteiger partial charge on any atom is -0.466 e. The molecule has 1 aliphatic rings. The van der Waals surface area contributed by atoms with Gasteiger partial charge in [-0.25, -0.2) is 0 Å². The second kappa shape index (κ2) is 10.8. The molecule has 0 aliphatic carbocycles. The fourth-order valence-electron chi connectivity index (χ4n) is 3.29. The molecule has 5 nitrogen and oxygen atoms in total. The first-order chi connectivity index (χ1) is 13.9. The van der Waals surface area contributed by atoms with Crippen molar-refractivity contribution < 1.29 is 23.1 Å². The normalized spacial score (nSPS) is 26.1. The maximum absolute atomic E-state index is 11.9. The van der Waals surface area contributed by atoms with E-state index in [0.29, 0.717) is 32.0 Å². The van der Waals surface area contributed by atoms with Crippen molar-refractivity contribution in [3.8, 4) is 0 Å². The molecule has 1 aliphatic heterocycles. The molecule has 1 heterocycles. The molecule has 0 saturated carbocycles. The van der Waals surface area contributed by atoms with Crippen molar-refractivity contribution in [3.05, 3.63) is 0 Å². The molecule has 4 atom stereocenters. The largest absolute Gasteiger partial charge is 0.466 e. The lowest BCUT2D eigenvalue weighted by Gasteiger charge is -2.47. The van der Waals surface area contributed by atoms with Gasteiger partial charge in [0.05, 0.1) is 25.4 Å². The van der Waals surface area contributed by atoms with Gasteiger partial charge in [0, 0.05) is 6.42 Å². The Bertz CT molecular complexity index is 577. The van der Waals surface area contributed by atoms with Gasteiger partial charge in [-0.2, -0.15) is 0 Å². The van der Waals surface area contributed by atoms with E-state index in [9.17, 15) is 4.79 Å². The zero-order chi connectivity index (χ0) is 24.3. The van der Waals surface area contributed by atoms with Crippen LogP contribution in [0.2, 0.25) is 36.3 Å². The number of hydrogen-bond donors (Lipinski definition) is 0. The zero-order valence-electron chi connectivity index (χ0n) is 22.4. The number of carbonyl (C=O) groups is 1. The molecular weight excluding hydrogens is 424 g/mol. The Hall–Kier alpha value is -0.216. The maximum atomic E-state index is 11.9. The maximum Gasteiger partial charge on any atom is 0.305 e. The summed E-state index contributed by atoms with van der Waals surface area (Å²) >= 11 is 0. The third-order valence-corrected chi connectivity index (χ3v) is 16.6. The summed E-state index contributed by atoms with van der Waals surface area (Å²) in [6, 6.07) is 0. The standard InChI is InChI=1S/C24H50O5Si2/c1-13-26-22(25)15-14-19-18(2)16-20(29-31(11,12)24(6,7)8)21(28-19)17-27-30(9,10)23(3,4)5/h18-21H,13-17H2,1-12H3/t18-,19-,20-,21+/m0/s1. The quantitative estimate of drug-likeness (QED) is 0.281. The summed E-state index contributed by atoms with van der Waals surface area (Å²) < 4.78 is 25.1. The van der Waals surface area contributed by atoms with Crippen molar-refractivity contribution in [3.63, 3.8) is 0 Å². The van der Waals surface area contributed by atoms with E-state index in [-0.39, 0.29) is 34.4 Å². The van der Waals surface area contributed by atoms with E-state index in [4.69, 9.17) is 18.3 Å². The summed E-state index contributed by atoms with van der Waals surface area (Å²) in [5, 5.41) is 0.288. The fraction of sp³-hybridized carbons (Fsp3) is 0.958. The van der Waals surface area contributed by atoms with Gasteiger partial charge in [-0.05, 0) is 61.9 Å². The SMILES string of the molecule is CCOC(=O)CC[C@@H]1O[C@H](CO[Si](C)(C)C(C)(C)C)[C@@H](O[Si](C)(C)C(C)(C)C)C[C@@H]1C. The number of hydrogen-bond acceptors (Lipinski definition) is 5. The van der Waals surface area contributed by atoms with Crippen LogP contribution in [0, 0.1) is 5.92 Å². The summed E-state index contributed by atoms with van der Waals surface area (Å²) in [4.78, 5) is 11.9. The highest BCUT2D eigenvalue weighted by Crippen LogP contribution is 2.41. The van der Waals surface area contributed by atoms with Gasteiger partial charge < -0.3 is 18.3 Å². The van der Waals surface area contributed by atoms with Crippen molar-refractivity contribution in [1.82, 2.24) is 0 Å². The molecular formula is C24H50O5Si2. The topological polar surface area (TPSA) is 54.0 Å². The van der Waals surface area contributed by atoms with Crippen molar-refractivity contribution in [1.29, 1.82) is 0 Å². The third-order valence-electron chi connectivity index (χ3n) is 7.61. The van der Waals surface area contributed by atoms with Gasteiger partial charge in [0.25, 0.3) is 0 Å². The van der Waals surface area contributed by atoms with Gasteiger partial charge in [-0.15, -0.1) is 0 Å². The molecule has 0 unspecified atom stereocenters. The Kier molecular flexibility index (Phi) is 10.0. The van der Waals surface area contributed by atoms with Gasteiger partial charge in [0.15, 0.2) is 16.6 Å². The Morgan fingerprint density at radius 2 is 1.52 bits per heavy atom. The Balaban J connectivity index is 2.98. The summed E-state index contributed by atoms with van der Waals surface area (Å²) in [5.41, 5.74) is 0. The van der Waals surface area contributed by atoms with Crippen LogP contribution in [0.15, 0.2) is 0 Å². The molecule has 1 fully saturated rings. The van der Waals surface area contributed by atoms with Crippen molar-refractivity contribution >= 4 is 22.6 Å². The van der Waals surface area contributed by atoms with Crippen molar-refractivity contribution in [2.75, 3.05) is 13.2 Å². The van der Waals surface area contributed by atoms with Crippen LogP contribution in [0.4, 0.5) is 0 Å². The number of esters is 1. The van der Waals surface area contributed by atoms with Crippen LogP contribution in [0.1, 0.15) is 74.7 Å². The number of carbonyl (C=O) groups excluding carboxylic acids is 1. The van der Waals surface area contributed by atoms with Crippen molar-refractivity contribution in [2.45, 2.75) is 129 Å². The second-order valence-corrected chi connectivity index (χ2v) is 21.8. The third kappa shape index (κ3) is 8.25. The van der Waals surface area contributed by atoms with Crippen molar-refractivity contribution in [2.24, 2.45) is 5.92 Å². The lowest BCUT2D eigenvalue weighted by Crippen LogP contribution is -2.54. The molecule has 0 spiro atoms. The highest BCUT2D eigenvalue weighted by molar-refractivity contribution is 6.74. The van der Waals surface area contributed by atoms with E-state index >= 15 is 0 Å². The smallest absolute Gasteiger partial charge is 0.305 e. The van der Waals surface area contributed by atoms with Gasteiger partial charge >= 0.3 is 5.97 Å². The van der Waals surface area contributed by atoms with Gasteiger partial charge in [-0.1, -0.05) is 48.5 Å². The van der Waals surface area contributed by atoms with Gasteiger partial charge in [0.2, 0.25) is 0 Å². The van der Waals surface area contributed by atoms with Crippen LogP contribution in [-0.2, 0) is 23.1 Å². The van der Waals surface area contributed by atoms with E-state index in [0.717, 1.165) is 6.42 Å². The van der Waals surface area contributed by atoms with Crippen LogP contribution in [0.5, 0.6) is 0 Å². The molecule has 0 amide bonds. The monoisotopic (exact) mass is 474 g/mol. The minimum atomic E-state index is -1.94. The number of rotatable bonds is 9. The molecule has 0 aromatic heterocycles. The minimum absolute atomic E-state index is 0.0247. The Labute approximate surface area is 194 Å². The number of ether oxygens (including phenoxy) is 2. The molecule has 0 radical (unpaired) electrons. The first-order valence-corrected chi connectivity index (χ1v) is 17.9. The summed E-state index contributed by atoms with van der Waals surface area (Å²) in [7, 11) is -3.84. The molecule has 0 aromatic carbocycles. The van der Waals surface area contributed by atoms with E-state index in [1.54, 1.807) is 0 Å². The molecule has 0 bridgehead atoms. The first-order valence-electron chi connectivity index (χ1n) is 12.0. The molecule has 1 rings (SSSR count). The highest BCUT2D eigenvalue weighted by atomic mass is 28.4. The van der Waals surface area contributed by atoms with E-state index in [2.05, 4.69) is 74.7 Å². The fourth-order valence-corrected chi connectivity index (χ4v) is 5.67. The average Bonchev–Trinajstić information content (AvgIpc) is 2.58. The van der Waals surface area contributed by atoms with E-state index < -0.39 is 16.6 Å². The molecule has 1 saturated heterocycles. The summed E-state index contributed by atoms with van der Waals surface area (Å²) in [6.45, 7) is 27.8. The first kappa shape index (κ1) is 28.8. The van der Waals surface area contributed by atoms with E-state index in [1.165, 1.54) is 0 Å². The zero-order valence-corrected chi connectivity index (χ0v) is 24.4. The molecule has 7 heteroatoms. The van der Waals surface area contributed by atoms with E-state index in [1.807, 2.05) is 6.92 Å². The summed E-state index contributed by atoms with van der Waals surface area (Å²) in [5.74, 6) is 0.181. The lowest BCUT2D eigenvalue weighted by molar-refractivity contribution is -0.157. The Morgan fingerprint density at radius 3 is 2.00 bits per heavy atom. The van der Waals surface area contributed by atoms with Gasteiger partial charge in [-0.3, -0.25) is 4.79 Å². The lowest BCUT2D eigenvalue weighted by atomic mass is 9.89. The predicted molar refractivity (Wildman–Crippen MR) is 134 cm³/mol. The van der Waals surface area contributed by atoms with Gasteiger partial charge in [0.1, 0.15) is 6.10 Å². The molecule has 0 N–H and O–H groups in total. The predicted octanol–water partition coefficient (Wildman–Crippen LogP) is 6.54. The van der Waals surface area contributed by atoms with Crippen LogP contribution < -0.4 is 0 Å². The van der Waals surface area contributed by atoms with Crippen LogP contribution in [0.25, 0.3) is 0 Å². The Morgan fingerprint density at radius 1 is 0.968 bits per heavy atom. The second-order valence-electron chi connectivity index (χ2n) is 12.3.